The highest BCUT2D eigenvalue weighted by molar-refractivity contribution is 5.94. The molecule has 0 atom stereocenters. The Labute approximate surface area is 110 Å². The Morgan fingerprint density at radius 1 is 1.32 bits per heavy atom. The Balaban J connectivity index is 1.94. The molecule has 0 aliphatic carbocycles. The number of benzene rings is 1. The third-order valence-electron chi connectivity index (χ3n) is 3.22. The fraction of sp³-hybridized carbons (Fsp3) is 0.417. The summed E-state index contributed by atoms with van der Waals surface area (Å²) in [6.45, 7) is 3.59. The summed E-state index contributed by atoms with van der Waals surface area (Å²) in [6, 6.07) is 5.61. The zero-order valence-corrected chi connectivity index (χ0v) is 10.8. The van der Waals surface area contributed by atoms with E-state index in [0.29, 0.717) is 5.56 Å². The van der Waals surface area contributed by atoms with E-state index >= 15 is 0 Å². The number of rotatable bonds is 3. The number of quaternary nitrogens is 1. The summed E-state index contributed by atoms with van der Waals surface area (Å²) in [6.07, 6.45) is 0. The summed E-state index contributed by atoms with van der Waals surface area (Å²) in [5.74, 6) is -0.227. The summed E-state index contributed by atoms with van der Waals surface area (Å²) in [5.41, 5.74) is 3.23. The summed E-state index contributed by atoms with van der Waals surface area (Å²) in [7, 11) is 2.12. The fourth-order valence-corrected chi connectivity index (χ4v) is 1.94. The number of hydrogen-bond donors (Lipinski definition) is 2. The van der Waals surface area contributed by atoms with Crippen LogP contribution in [0.3, 0.4) is 0 Å². The van der Waals surface area contributed by atoms with Gasteiger partial charge in [0.15, 0.2) is 0 Å². The molecule has 2 N–H and O–H groups in total. The second-order valence-corrected chi connectivity index (χ2v) is 4.69. The molecule has 1 aromatic rings. The van der Waals surface area contributed by atoms with Crippen molar-refractivity contribution in [3.8, 4) is 0 Å². The van der Waals surface area contributed by atoms with Crippen molar-refractivity contribution >= 4 is 11.6 Å². The molecule has 7 nitrogen and oxygen atoms in total. The number of hydrogen-bond acceptors (Lipinski definition) is 4. The van der Waals surface area contributed by atoms with E-state index in [1.807, 2.05) is 5.01 Å². The van der Waals surface area contributed by atoms with Crippen LogP contribution in [0.4, 0.5) is 5.69 Å². The molecule has 0 bridgehead atoms. The molecule has 0 unspecified atom stereocenters. The van der Waals surface area contributed by atoms with E-state index in [2.05, 4.69) is 12.5 Å². The number of amides is 1. The molecule has 1 fully saturated rings. The van der Waals surface area contributed by atoms with E-state index in [-0.39, 0.29) is 11.6 Å². The van der Waals surface area contributed by atoms with Gasteiger partial charge in [0.2, 0.25) is 0 Å². The van der Waals surface area contributed by atoms with Crippen LogP contribution in [-0.4, -0.2) is 49.1 Å². The number of piperazine rings is 1. The molecular weight excluding hydrogens is 248 g/mol. The second-order valence-electron chi connectivity index (χ2n) is 4.69. The van der Waals surface area contributed by atoms with Crippen molar-refractivity contribution in [2.75, 3.05) is 33.2 Å². The summed E-state index contributed by atoms with van der Waals surface area (Å²) >= 11 is 0. The minimum atomic E-state index is -0.481. The average Bonchev–Trinajstić information content (AvgIpc) is 2.41. The van der Waals surface area contributed by atoms with E-state index in [1.165, 1.54) is 29.2 Å². The first-order chi connectivity index (χ1) is 9.06. The molecule has 1 heterocycles. The number of nitrogens with one attached hydrogen (secondary N) is 2. The van der Waals surface area contributed by atoms with Gasteiger partial charge in [-0.2, -0.15) is 0 Å². The van der Waals surface area contributed by atoms with Crippen LogP contribution in [0.25, 0.3) is 0 Å². The highest BCUT2D eigenvalue weighted by atomic mass is 16.6. The fourth-order valence-electron chi connectivity index (χ4n) is 1.94. The van der Waals surface area contributed by atoms with Gasteiger partial charge in [0.05, 0.1) is 38.2 Å². The van der Waals surface area contributed by atoms with Crippen LogP contribution in [0.2, 0.25) is 0 Å². The van der Waals surface area contributed by atoms with Gasteiger partial charge in [-0.15, -0.1) is 0 Å². The second kappa shape index (κ2) is 5.77. The van der Waals surface area contributed by atoms with Crippen molar-refractivity contribution in [1.29, 1.82) is 0 Å². The third kappa shape index (κ3) is 3.49. The van der Waals surface area contributed by atoms with Crippen molar-refractivity contribution in [3.63, 3.8) is 0 Å². The van der Waals surface area contributed by atoms with E-state index in [9.17, 15) is 14.9 Å². The van der Waals surface area contributed by atoms with Gasteiger partial charge in [-0.25, -0.2) is 5.01 Å². The number of non-ortho nitro benzene ring substituents is 1. The minimum absolute atomic E-state index is 0.0141. The lowest BCUT2D eigenvalue weighted by molar-refractivity contribution is -0.884. The molecule has 1 aliphatic rings. The Morgan fingerprint density at radius 2 is 1.89 bits per heavy atom. The van der Waals surface area contributed by atoms with E-state index in [4.69, 9.17) is 0 Å². The number of hydrazine groups is 1. The number of carbonyl (C=O) groups is 1. The van der Waals surface area contributed by atoms with Gasteiger partial charge in [-0.1, -0.05) is 0 Å². The largest absolute Gasteiger partial charge is 0.335 e. The molecule has 0 spiro atoms. The molecule has 2 rings (SSSR count). The molecular formula is C12H17N4O3+. The van der Waals surface area contributed by atoms with Crippen LogP contribution in [-0.2, 0) is 0 Å². The first-order valence-corrected chi connectivity index (χ1v) is 6.18. The quantitative estimate of drug-likeness (QED) is 0.546. The average molecular weight is 265 g/mol. The van der Waals surface area contributed by atoms with Gasteiger partial charge in [0, 0.05) is 17.7 Å². The molecule has 1 aliphatic heterocycles. The molecule has 1 saturated heterocycles. The molecule has 0 saturated carbocycles. The number of nitrogens with zero attached hydrogens (tertiary/aromatic N) is 2. The summed E-state index contributed by atoms with van der Waals surface area (Å²) in [4.78, 5) is 23.4. The maximum atomic E-state index is 11.9. The zero-order chi connectivity index (χ0) is 13.8. The van der Waals surface area contributed by atoms with Crippen LogP contribution in [0.5, 0.6) is 0 Å². The molecule has 19 heavy (non-hydrogen) atoms. The highest BCUT2D eigenvalue weighted by Gasteiger charge is 2.19. The molecule has 1 amide bonds. The third-order valence-corrected chi connectivity index (χ3v) is 3.22. The van der Waals surface area contributed by atoms with Crippen molar-refractivity contribution in [1.82, 2.24) is 10.4 Å². The normalized spacial score (nSPS) is 17.1. The highest BCUT2D eigenvalue weighted by Crippen LogP contribution is 2.11. The first-order valence-electron chi connectivity index (χ1n) is 6.18. The Bertz CT molecular complexity index is 466. The lowest BCUT2D eigenvalue weighted by Crippen LogP contribution is -3.12. The maximum absolute atomic E-state index is 11.9. The van der Waals surface area contributed by atoms with Gasteiger partial charge in [0.25, 0.3) is 11.6 Å². The number of nitro benzene ring substituents is 1. The van der Waals surface area contributed by atoms with Crippen molar-refractivity contribution in [3.05, 3.63) is 39.9 Å². The number of nitro groups is 1. The lowest BCUT2D eigenvalue weighted by atomic mass is 10.2. The SMILES string of the molecule is C[NH+]1CCN(NC(=O)c2ccc([N+](=O)[O-])cc2)CC1. The standard InChI is InChI=1S/C12H16N4O3/c1-14-6-8-15(9-7-14)13-12(17)10-2-4-11(5-3-10)16(18)19/h2-5H,6-9H2,1H3,(H,13,17)/p+1. The van der Waals surface area contributed by atoms with E-state index in [1.54, 1.807) is 0 Å². The van der Waals surface area contributed by atoms with Crippen molar-refractivity contribution in [2.24, 2.45) is 0 Å². The maximum Gasteiger partial charge on any atom is 0.269 e. The Kier molecular flexibility index (Phi) is 4.08. The van der Waals surface area contributed by atoms with Gasteiger partial charge in [-0.05, 0) is 12.1 Å². The molecule has 0 radical (unpaired) electrons. The van der Waals surface area contributed by atoms with Crippen LogP contribution < -0.4 is 10.3 Å². The van der Waals surface area contributed by atoms with Crippen LogP contribution in [0.1, 0.15) is 10.4 Å². The zero-order valence-electron chi connectivity index (χ0n) is 10.8. The van der Waals surface area contributed by atoms with E-state index < -0.39 is 4.92 Å². The predicted molar refractivity (Wildman–Crippen MR) is 68.8 cm³/mol. The Hall–Kier alpha value is -1.99. The van der Waals surface area contributed by atoms with Gasteiger partial charge < -0.3 is 4.90 Å². The number of likely N-dealkylation sites (N-methyl/N-ethyl adjacent to an activating group) is 1. The van der Waals surface area contributed by atoms with Crippen LogP contribution in [0.15, 0.2) is 24.3 Å². The molecule has 1 aromatic carbocycles. The van der Waals surface area contributed by atoms with Crippen LogP contribution in [0, 0.1) is 10.1 Å². The minimum Gasteiger partial charge on any atom is -0.335 e. The topological polar surface area (TPSA) is 79.9 Å². The van der Waals surface area contributed by atoms with Crippen molar-refractivity contribution in [2.45, 2.75) is 0 Å². The first kappa shape index (κ1) is 13.4. The number of carbonyl (C=O) groups excluding carboxylic acids is 1. The van der Waals surface area contributed by atoms with Gasteiger partial charge in [0.1, 0.15) is 0 Å². The van der Waals surface area contributed by atoms with Crippen molar-refractivity contribution < 1.29 is 14.6 Å². The Morgan fingerprint density at radius 3 is 2.42 bits per heavy atom. The molecule has 7 heteroatoms. The summed E-state index contributed by atoms with van der Waals surface area (Å²) in [5, 5.41) is 12.4. The van der Waals surface area contributed by atoms with Gasteiger partial charge in [-0.3, -0.25) is 20.3 Å². The smallest absolute Gasteiger partial charge is 0.269 e. The predicted octanol–water partition coefficient (Wildman–Crippen LogP) is -0.930. The molecule has 0 aromatic heterocycles. The van der Waals surface area contributed by atoms with Gasteiger partial charge >= 0.3 is 0 Å². The summed E-state index contributed by atoms with van der Waals surface area (Å²) < 4.78 is 0. The monoisotopic (exact) mass is 265 g/mol. The van der Waals surface area contributed by atoms with Crippen LogP contribution >= 0.6 is 0 Å². The molecule has 102 valence electrons. The lowest BCUT2D eigenvalue weighted by Gasteiger charge is -2.30. The van der Waals surface area contributed by atoms with E-state index in [0.717, 1.165) is 26.2 Å².